The molecule has 0 amide bonds. The summed E-state index contributed by atoms with van der Waals surface area (Å²) in [5.74, 6) is 0.940. The van der Waals surface area contributed by atoms with Gasteiger partial charge in [-0.1, -0.05) is 147 Å². The molecule has 8 aromatic rings. The zero-order valence-electron chi connectivity index (χ0n) is 29.0. The van der Waals surface area contributed by atoms with E-state index in [9.17, 15) is 0 Å². The summed E-state index contributed by atoms with van der Waals surface area (Å²) in [6, 6.07) is 58.3. The Hall–Kier alpha value is -5.90. The van der Waals surface area contributed by atoms with Crippen LogP contribution in [0.4, 0.5) is 0 Å². The van der Waals surface area contributed by atoms with Crippen molar-refractivity contribution in [2.45, 2.75) is 34.5 Å². The Kier molecular flexibility index (Phi) is 6.19. The van der Waals surface area contributed by atoms with Crippen LogP contribution in [0.3, 0.4) is 0 Å². The third-order valence-electron chi connectivity index (χ3n) is 11.7. The number of benzene rings is 7. The predicted molar refractivity (Wildman–Crippen MR) is 215 cm³/mol. The van der Waals surface area contributed by atoms with Gasteiger partial charge in [0.1, 0.15) is 5.82 Å². The van der Waals surface area contributed by atoms with E-state index in [4.69, 9.17) is 4.98 Å². The molecule has 2 heterocycles. The normalized spacial score (nSPS) is 17.1. The van der Waals surface area contributed by atoms with Crippen LogP contribution in [0.1, 0.15) is 58.4 Å². The molecule has 0 bridgehead atoms. The SMILES string of the molecule is CC1(C)c2ccccc2-c2cc3c(cc21)Sc1ccccc1C31c2ccccc2C=Cc2ccc(-c3nc4ccccc4n3-c3ccccc3)cc21. The fraction of sp³-hybridized carbons (Fsp3) is 0.0816. The van der Waals surface area contributed by atoms with Crippen molar-refractivity contribution in [1.29, 1.82) is 0 Å². The van der Waals surface area contributed by atoms with Crippen molar-refractivity contribution in [2.75, 3.05) is 0 Å². The molecule has 246 valence electrons. The van der Waals surface area contributed by atoms with Gasteiger partial charge in [-0.05, 0) is 104 Å². The van der Waals surface area contributed by atoms with Crippen molar-refractivity contribution in [2.24, 2.45) is 0 Å². The van der Waals surface area contributed by atoms with Crippen molar-refractivity contribution in [3.05, 3.63) is 202 Å². The van der Waals surface area contributed by atoms with Crippen molar-refractivity contribution in [3.8, 4) is 28.2 Å². The van der Waals surface area contributed by atoms with E-state index >= 15 is 0 Å². The molecule has 0 fully saturated rings. The molecule has 1 aliphatic heterocycles. The predicted octanol–water partition coefficient (Wildman–Crippen LogP) is 12.3. The Morgan fingerprint density at radius 3 is 2.06 bits per heavy atom. The zero-order chi connectivity index (χ0) is 34.6. The molecule has 52 heavy (non-hydrogen) atoms. The first-order chi connectivity index (χ1) is 25.5. The van der Waals surface area contributed by atoms with Gasteiger partial charge in [-0.2, -0.15) is 0 Å². The van der Waals surface area contributed by atoms with Crippen molar-refractivity contribution >= 4 is 34.9 Å². The summed E-state index contributed by atoms with van der Waals surface area (Å²) < 4.78 is 2.31. The van der Waals surface area contributed by atoms with E-state index in [2.05, 4.69) is 188 Å². The molecule has 1 atom stereocenters. The molecule has 3 heteroatoms. The molecule has 0 radical (unpaired) electrons. The monoisotopic (exact) mass is 682 g/mol. The zero-order valence-corrected chi connectivity index (χ0v) is 29.8. The molecule has 2 aliphatic carbocycles. The second kappa shape index (κ2) is 10.8. The topological polar surface area (TPSA) is 17.8 Å². The summed E-state index contributed by atoms with van der Waals surface area (Å²) in [5, 5.41) is 0. The molecule has 2 nitrogen and oxygen atoms in total. The molecule has 1 unspecified atom stereocenters. The highest BCUT2D eigenvalue weighted by atomic mass is 32.2. The highest BCUT2D eigenvalue weighted by Gasteiger charge is 2.49. The van der Waals surface area contributed by atoms with Gasteiger partial charge in [-0.25, -0.2) is 4.98 Å². The summed E-state index contributed by atoms with van der Waals surface area (Å²) in [6.07, 6.45) is 4.64. The second-order valence-corrected chi connectivity index (χ2v) is 15.8. The molecular weight excluding hydrogens is 649 g/mol. The first-order valence-corrected chi connectivity index (χ1v) is 18.9. The van der Waals surface area contributed by atoms with Gasteiger partial charge in [-0.15, -0.1) is 0 Å². The lowest BCUT2D eigenvalue weighted by Gasteiger charge is -2.43. The van der Waals surface area contributed by atoms with E-state index in [1.165, 1.54) is 65.4 Å². The Morgan fingerprint density at radius 2 is 1.19 bits per heavy atom. The van der Waals surface area contributed by atoms with Gasteiger partial charge in [0.2, 0.25) is 0 Å². The molecule has 7 aromatic carbocycles. The second-order valence-electron chi connectivity index (χ2n) is 14.7. The maximum absolute atomic E-state index is 5.33. The first kappa shape index (κ1) is 29.8. The molecule has 0 N–H and O–H groups in total. The number of rotatable bonds is 2. The number of fused-ring (bicyclic) bond motifs is 12. The molecule has 11 rings (SSSR count). The number of hydrogen-bond donors (Lipinski definition) is 0. The average molecular weight is 683 g/mol. The van der Waals surface area contributed by atoms with E-state index in [0.29, 0.717) is 0 Å². The minimum absolute atomic E-state index is 0.0871. The van der Waals surface area contributed by atoms with Crippen LogP contribution in [0, 0.1) is 0 Å². The van der Waals surface area contributed by atoms with E-state index in [-0.39, 0.29) is 5.41 Å². The van der Waals surface area contributed by atoms with Crippen LogP contribution in [0.5, 0.6) is 0 Å². The summed E-state index contributed by atoms with van der Waals surface area (Å²) >= 11 is 1.92. The number of hydrogen-bond acceptors (Lipinski definition) is 2. The standard InChI is InChI=1S/C49H34N2S/c1-48(2)38-19-9-7-17-35(38)36-29-42-46(30-41(36)48)52-45-23-13-10-20-39(45)49(42)37-18-8-6-14-31(37)24-25-32-26-27-33(28-40(32)49)47-50-43-21-11-12-22-44(43)51(47)34-15-4-3-5-16-34/h3-30H,1-2H3. The molecule has 1 aromatic heterocycles. The van der Waals surface area contributed by atoms with Gasteiger partial charge >= 0.3 is 0 Å². The average Bonchev–Trinajstić information content (AvgIpc) is 3.63. The van der Waals surface area contributed by atoms with Crippen molar-refractivity contribution in [1.82, 2.24) is 9.55 Å². The smallest absolute Gasteiger partial charge is 0.145 e. The van der Waals surface area contributed by atoms with Gasteiger partial charge in [0, 0.05) is 26.5 Å². The molecule has 0 saturated carbocycles. The minimum Gasteiger partial charge on any atom is -0.292 e. The molecular formula is C49H34N2S. The lowest BCUT2D eigenvalue weighted by atomic mass is 9.62. The molecule has 3 aliphatic rings. The van der Waals surface area contributed by atoms with Gasteiger partial charge in [0.25, 0.3) is 0 Å². The maximum atomic E-state index is 5.33. The van der Waals surface area contributed by atoms with Gasteiger partial charge in [-0.3, -0.25) is 4.57 Å². The first-order valence-electron chi connectivity index (χ1n) is 18.0. The van der Waals surface area contributed by atoms with Crippen LogP contribution in [0.15, 0.2) is 168 Å². The lowest BCUT2D eigenvalue weighted by molar-refractivity contribution is 0.652. The quantitative estimate of drug-likeness (QED) is 0.181. The van der Waals surface area contributed by atoms with E-state index in [0.717, 1.165) is 28.1 Å². The van der Waals surface area contributed by atoms with E-state index in [1.807, 2.05) is 11.8 Å². The van der Waals surface area contributed by atoms with Crippen LogP contribution < -0.4 is 0 Å². The van der Waals surface area contributed by atoms with Crippen LogP contribution in [-0.2, 0) is 10.8 Å². The van der Waals surface area contributed by atoms with Crippen LogP contribution in [0.2, 0.25) is 0 Å². The third kappa shape index (κ3) is 3.95. The van der Waals surface area contributed by atoms with Crippen molar-refractivity contribution in [3.63, 3.8) is 0 Å². The van der Waals surface area contributed by atoms with Crippen molar-refractivity contribution < 1.29 is 0 Å². The maximum Gasteiger partial charge on any atom is 0.145 e. The van der Waals surface area contributed by atoms with Gasteiger partial charge in [0.15, 0.2) is 0 Å². The fourth-order valence-corrected chi connectivity index (χ4v) is 10.6. The molecule has 1 spiro atoms. The highest BCUT2D eigenvalue weighted by molar-refractivity contribution is 7.99. The van der Waals surface area contributed by atoms with Crippen LogP contribution in [-0.4, -0.2) is 9.55 Å². The number of para-hydroxylation sites is 3. The molecule has 0 saturated heterocycles. The Bertz CT molecular complexity index is 2800. The number of nitrogens with zero attached hydrogens (tertiary/aromatic N) is 2. The largest absolute Gasteiger partial charge is 0.292 e. The Balaban J connectivity index is 1.27. The summed E-state index contributed by atoms with van der Waals surface area (Å²) in [5.41, 5.74) is 16.8. The lowest BCUT2D eigenvalue weighted by Crippen LogP contribution is -2.35. The highest BCUT2D eigenvalue weighted by Crippen LogP contribution is 2.61. The Labute approximate surface area is 308 Å². The summed E-state index contributed by atoms with van der Waals surface area (Å²) in [7, 11) is 0. The fourth-order valence-electron chi connectivity index (χ4n) is 9.35. The van der Waals surface area contributed by atoms with Crippen LogP contribution >= 0.6 is 11.8 Å². The number of imidazole rings is 1. The van der Waals surface area contributed by atoms with Crippen LogP contribution in [0.25, 0.3) is 51.4 Å². The minimum atomic E-state index is -0.580. The van der Waals surface area contributed by atoms with Gasteiger partial charge < -0.3 is 0 Å². The van der Waals surface area contributed by atoms with Gasteiger partial charge in [0.05, 0.1) is 16.4 Å². The summed E-state index contributed by atoms with van der Waals surface area (Å²) in [6.45, 7) is 4.76. The Morgan fingerprint density at radius 1 is 0.500 bits per heavy atom. The van der Waals surface area contributed by atoms with E-state index in [1.54, 1.807) is 0 Å². The number of aromatic nitrogens is 2. The third-order valence-corrected chi connectivity index (χ3v) is 12.8. The van der Waals surface area contributed by atoms with E-state index < -0.39 is 5.41 Å². The summed E-state index contributed by atoms with van der Waals surface area (Å²) in [4.78, 5) is 7.95.